The van der Waals surface area contributed by atoms with Gasteiger partial charge in [0.1, 0.15) is 0 Å². The smallest absolute Gasteiger partial charge is 0.0587 e. The van der Waals surface area contributed by atoms with Crippen LogP contribution >= 0.6 is 0 Å². The number of methoxy groups -OCH3 is 1. The Kier molecular flexibility index (Phi) is 2.09. The summed E-state index contributed by atoms with van der Waals surface area (Å²) in [6.07, 6.45) is 2.66. The van der Waals surface area contributed by atoms with Crippen molar-refractivity contribution in [2.45, 2.75) is 25.3 Å². The lowest BCUT2D eigenvalue weighted by atomic mass is 10.3. The van der Waals surface area contributed by atoms with Crippen LogP contribution in [0.15, 0.2) is 0 Å². The van der Waals surface area contributed by atoms with Crippen LogP contribution < -0.4 is 5.32 Å². The summed E-state index contributed by atoms with van der Waals surface area (Å²) in [7, 11) is 1.73. The van der Waals surface area contributed by atoms with Crippen molar-refractivity contribution in [3.05, 3.63) is 0 Å². The molecule has 0 aromatic carbocycles. The minimum Gasteiger partial charge on any atom is -0.383 e. The third-order valence-electron chi connectivity index (χ3n) is 1.86. The molecule has 9 heavy (non-hydrogen) atoms. The van der Waals surface area contributed by atoms with Gasteiger partial charge in [0.05, 0.1) is 6.61 Å². The summed E-state index contributed by atoms with van der Waals surface area (Å²) < 4.78 is 4.90. The molecule has 0 amide bonds. The van der Waals surface area contributed by atoms with Crippen molar-refractivity contribution in [1.29, 1.82) is 0 Å². The Bertz CT molecular complexity index is 88.9. The van der Waals surface area contributed by atoms with Crippen LogP contribution in [0.25, 0.3) is 0 Å². The van der Waals surface area contributed by atoms with Gasteiger partial charge in [-0.3, -0.25) is 0 Å². The highest BCUT2D eigenvalue weighted by Crippen LogP contribution is 2.33. The first-order valence-electron chi connectivity index (χ1n) is 3.51. The first kappa shape index (κ1) is 7.03. The zero-order valence-corrected chi connectivity index (χ0v) is 6.24. The van der Waals surface area contributed by atoms with Gasteiger partial charge in [-0.2, -0.15) is 0 Å². The van der Waals surface area contributed by atoms with E-state index in [2.05, 4.69) is 12.2 Å². The Morgan fingerprint density at radius 3 is 2.67 bits per heavy atom. The number of ether oxygens (including phenoxy) is 1. The maximum Gasteiger partial charge on any atom is 0.0587 e. The molecule has 1 N–H and O–H groups in total. The van der Waals surface area contributed by atoms with Gasteiger partial charge in [-0.25, -0.2) is 0 Å². The van der Waals surface area contributed by atoms with Crippen LogP contribution in [-0.2, 0) is 4.74 Å². The van der Waals surface area contributed by atoms with Gasteiger partial charge in [-0.05, 0) is 19.8 Å². The van der Waals surface area contributed by atoms with Gasteiger partial charge < -0.3 is 10.1 Å². The summed E-state index contributed by atoms with van der Waals surface area (Å²) in [4.78, 5) is 0. The van der Waals surface area contributed by atoms with Gasteiger partial charge in [-0.1, -0.05) is 0 Å². The first-order valence-corrected chi connectivity index (χ1v) is 3.51. The molecular formula is C7H15NO. The van der Waals surface area contributed by atoms with Crippen molar-refractivity contribution in [2.75, 3.05) is 20.3 Å². The van der Waals surface area contributed by atoms with E-state index in [4.69, 9.17) is 4.74 Å². The summed E-state index contributed by atoms with van der Waals surface area (Å²) in [6, 6.07) is 0. The predicted molar refractivity (Wildman–Crippen MR) is 37.5 cm³/mol. The van der Waals surface area contributed by atoms with Crippen LogP contribution in [0.5, 0.6) is 0 Å². The molecule has 1 saturated carbocycles. The summed E-state index contributed by atoms with van der Waals surface area (Å²) in [5, 5.41) is 3.41. The molecule has 1 aliphatic carbocycles. The molecule has 0 unspecified atom stereocenters. The largest absolute Gasteiger partial charge is 0.383 e. The fourth-order valence-electron chi connectivity index (χ4n) is 0.819. The minimum absolute atomic E-state index is 0.471. The van der Waals surface area contributed by atoms with Crippen molar-refractivity contribution < 1.29 is 4.74 Å². The molecule has 0 bridgehead atoms. The maximum atomic E-state index is 4.90. The van der Waals surface area contributed by atoms with E-state index in [1.165, 1.54) is 12.8 Å². The topological polar surface area (TPSA) is 21.3 Å². The van der Waals surface area contributed by atoms with Gasteiger partial charge in [0, 0.05) is 19.2 Å². The van der Waals surface area contributed by atoms with Gasteiger partial charge in [0.2, 0.25) is 0 Å². The highest BCUT2D eigenvalue weighted by atomic mass is 16.5. The van der Waals surface area contributed by atoms with Crippen LogP contribution in [0.2, 0.25) is 0 Å². The van der Waals surface area contributed by atoms with E-state index in [1.54, 1.807) is 7.11 Å². The van der Waals surface area contributed by atoms with Crippen molar-refractivity contribution in [2.24, 2.45) is 0 Å². The van der Waals surface area contributed by atoms with E-state index in [0.29, 0.717) is 5.54 Å². The number of rotatable bonds is 4. The van der Waals surface area contributed by atoms with Gasteiger partial charge >= 0.3 is 0 Å². The molecule has 54 valence electrons. The lowest BCUT2D eigenvalue weighted by molar-refractivity contribution is 0.195. The Hall–Kier alpha value is -0.0800. The van der Waals surface area contributed by atoms with E-state index >= 15 is 0 Å². The quantitative estimate of drug-likeness (QED) is 0.566. The molecule has 1 rings (SSSR count). The van der Waals surface area contributed by atoms with Crippen LogP contribution in [0, 0.1) is 0 Å². The van der Waals surface area contributed by atoms with Gasteiger partial charge in [-0.15, -0.1) is 0 Å². The zero-order valence-electron chi connectivity index (χ0n) is 6.24. The minimum atomic E-state index is 0.471. The molecule has 0 heterocycles. The van der Waals surface area contributed by atoms with Gasteiger partial charge in [0.25, 0.3) is 0 Å². The van der Waals surface area contributed by atoms with E-state index in [1.807, 2.05) is 0 Å². The average molecular weight is 129 g/mol. The van der Waals surface area contributed by atoms with Crippen molar-refractivity contribution in [3.63, 3.8) is 0 Å². The summed E-state index contributed by atoms with van der Waals surface area (Å²) in [6.45, 7) is 4.07. The lowest BCUT2D eigenvalue weighted by Crippen LogP contribution is -2.30. The fraction of sp³-hybridized carbons (Fsp3) is 1.00. The zero-order chi connectivity index (χ0) is 6.74. The number of nitrogens with one attached hydrogen (secondary N) is 1. The maximum absolute atomic E-state index is 4.90. The van der Waals surface area contributed by atoms with Crippen LogP contribution in [0.1, 0.15) is 19.8 Å². The SMILES string of the molecule is COCCNC1(C)CC1. The molecule has 1 fully saturated rings. The molecule has 0 saturated heterocycles. The standard InChI is InChI=1S/C7H15NO/c1-7(3-4-7)8-5-6-9-2/h8H,3-6H2,1-2H3. The number of hydrogen-bond donors (Lipinski definition) is 1. The second-order valence-electron chi connectivity index (χ2n) is 2.98. The molecule has 1 aliphatic rings. The Morgan fingerprint density at radius 2 is 2.22 bits per heavy atom. The molecular weight excluding hydrogens is 114 g/mol. The highest BCUT2D eigenvalue weighted by molar-refractivity contribution is 4.97. The molecule has 0 spiro atoms. The van der Waals surface area contributed by atoms with E-state index in [-0.39, 0.29) is 0 Å². The monoisotopic (exact) mass is 129 g/mol. The van der Waals surface area contributed by atoms with E-state index in [9.17, 15) is 0 Å². The third kappa shape index (κ3) is 2.33. The lowest BCUT2D eigenvalue weighted by Gasteiger charge is -2.09. The Labute approximate surface area is 56.6 Å². The fourth-order valence-corrected chi connectivity index (χ4v) is 0.819. The molecule has 2 heteroatoms. The normalized spacial score (nSPS) is 22.0. The van der Waals surface area contributed by atoms with Crippen molar-refractivity contribution >= 4 is 0 Å². The summed E-state index contributed by atoms with van der Waals surface area (Å²) in [5.41, 5.74) is 0.471. The van der Waals surface area contributed by atoms with Crippen LogP contribution in [0.3, 0.4) is 0 Å². The summed E-state index contributed by atoms with van der Waals surface area (Å²) >= 11 is 0. The number of hydrogen-bond acceptors (Lipinski definition) is 2. The third-order valence-corrected chi connectivity index (χ3v) is 1.86. The Morgan fingerprint density at radius 1 is 1.56 bits per heavy atom. The average Bonchev–Trinajstić information content (AvgIpc) is 2.50. The van der Waals surface area contributed by atoms with Gasteiger partial charge in [0.15, 0.2) is 0 Å². The van der Waals surface area contributed by atoms with Crippen LogP contribution in [-0.4, -0.2) is 25.8 Å². The first-order chi connectivity index (χ1) is 4.27. The van der Waals surface area contributed by atoms with Crippen molar-refractivity contribution in [3.8, 4) is 0 Å². The molecule has 2 nitrogen and oxygen atoms in total. The molecule has 0 atom stereocenters. The van der Waals surface area contributed by atoms with Crippen molar-refractivity contribution in [1.82, 2.24) is 5.32 Å². The predicted octanol–water partition coefficient (Wildman–Crippen LogP) is 0.775. The van der Waals surface area contributed by atoms with E-state index < -0.39 is 0 Å². The van der Waals surface area contributed by atoms with E-state index in [0.717, 1.165) is 13.2 Å². The highest BCUT2D eigenvalue weighted by Gasteiger charge is 2.35. The molecule has 0 aromatic rings. The second kappa shape index (κ2) is 2.67. The Balaban J connectivity index is 1.92. The second-order valence-corrected chi connectivity index (χ2v) is 2.98. The molecule has 0 aromatic heterocycles. The summed E-state index contributed by atoms with van der Waals surface area (Å²) in [5.74, 6) is 0. The molecule has 0 aliphatic heterocycles. The molecule has 0 radical (unpaired) electrons. The van der Waals surface area contributed by atoms with Crippen LogP contribution in [0.4, 0.5) is 0 Å².